The second kappa shape index (κ2) is 11.8. The third-order valence-corrected chi connectivity index (χ3v) is 6.04. The molecule has 2 fully saturated rings. The van der Waals surface area contributed by atoms with Crippen LogP contribution < -0.4 is 4.90 Å². The normalized spacial score (nSPS) is 21.7. The number of allylic oxidation sites excluding steroid dienone is 9. The van der Waals surface area contributed by atoms with E-state index in [-0.39, 0.29) is 0 Å². The van der Waals surface area contributed by atoms with Crippen LogP contribution in [0.2, 0.25) is 0 Å². The quantitative estimate of drug-likeness (QED) is 0.478. The lowest BCUT2D eigenvalue weighted by Crippen LogP contribution is -2.36. The highest BCUT2D eigenvalue weighted by atomic mass is 16.5. The van der Waals surface area contributed by atoms with Gasteiger partial charge in [-0.1, -0.05) is 42.5 Å². The van der Waals surface area contributed by atoms with Crippen molar-refractivity contribution in [1.29, 1.82) is 0 Å². The van der Waals surface area contributed by atoms with Gasteiger partial charge in [0.25, 0.3) is 0 Å². The van der Waals surface area contributed by atoms with Crippen LogP contribution in [0.15, 0.2) is 77.4 Å². The largest absolute Gasteiger partial charge is 0.378 e. The Labute approximate surface area is 192 Å². The predicted octanol–water partition coefficient (Wildman–Crippen LogP) is 4.80. The van der Waals surface area contributed by atoms with E-state index in [1.807, 2.05) is 0 Å². The topological polar surface area (TPSA) is 24.7 Å². The van der Waals surface area contributed by atoms with Crippen molar-refractivity contribution in [3.05, 3.63) is 83.0 Å². The maximum atomic E-state index is 5.46. The number of benzene rings is 1. The molecule has 0 radical (unpaired) electrons. The van der Waals surface area contributed by atoms with Crippen LogP contribution in [-0.2, 0) is 9.47 Å². The molecule has 4 heteroatoms. The standard InChI is InChI=1S/C28H35N2O2/c1-2-4-24(5-3-12-29-13-17-31-18-14-29)21-26-6-7-27(23-26)22-25-8-10-28(11-9-25)30-15-19-32-20-16-30/h2-5,8-12,21-23H,6-7,13-20H2,1H3/q+1/b4-2-. The van der Waals surface area contributed by atoms with E-state index in [2.05, 4.69) is 89.4 Å². The fraction of sp³-hybridized carbons (Fsp3) is 0.393. The summed E-state index contributed by atoms with van der Waals surface area (Å²) in [4.78, 5) is 2.39. The van der Waals surface area contributed by atoms with E-state index in [1.165, 1.54) is 28.0 Å². The minimum atomic E-state index is 0.819. The Bertz CT molecular complexity index is 934. The summed E-state index contributed by atoms with van der Waals surface area (Å²) in [5, 5.41) is 0. The average Bonchev–Trinajstić information content (AvgIpc) is 3.27. The molecule has 0 unspecified atom stereocenters. The van der Waals surface area contributed by atoms with Gasteiger partial charge in [-0.15, -0.1) is 0 Å². The second-order valence-electron chi connectivity index (χ2n) is 8.43. The number of hydrogen-bond acceptors (Lipinski definition) is 3. The zero-order valence-electron chi connectivity index (χ0n) is 19.2. The van der Waals surface area contributed by atoms with Crippen LogP contribution in [0.4, 0.5) is 5.69 Å². The van der Waals surface area contributed by atoms with E-state index in [4.69, 9.17) is 9.47 Å². The number of nitrogens with zero attached hydrogens (tertiary/aromatic N) is 2. The van der Waals surface area contributed by atoms with Crippen LogP contribution in [-0.4, -0.2) is 63.4 Å². The fourth-order valence-corrected chi connectivity index (χ4v) is 4.28. The summed E-state index contributed by atoms with van der Waals surface area (Å²) >= 11 is 0. The van der Waals surface area contributed by atoms with Crippen molar-refractivity contribution < 1.29 is 14.0 Å². The lowest BCUT2D eigenvalue weighted by molar-refractivity contribution is -0.544. The minimum absolute atomic E-state index is 0.819. The van der Waals surface area contributed by atoms with Crippen LogP contribution in [0.1, 0.15) is 25.3 Å². The van der Waals surface area contributed by atoms with E-state index in [1.54, 1.807) is 0 Å². The van der Waals surface area contributed by atoms with Crippen molar-refractivity contribution >= 4 is 18.0 Å². The summed E-state index contributed by atoms with van der Waals surface area (Å²) in [7, 11) is 0. The molecule has 0 aromatic heterocycles. The Morgan fingerprint density at radius 1 is 0.938 bits per heavy atom. The van der Waals surface area contributed by atoms with Gasteiger partial charge in [-0.05, 0) is 60.3 Å². The molecule has 3 aliphatic rings. The number of ether oxygens (including phenoxy) is 2. The summed E-state index contributed by atoms with van der Waals surface area (Å²) in [6.07, 6.45) is 20.0. The van der Waals surface area contributed by atoms with Crippen molar-refractivity contribution in [1.82, 2.24) is 0 Å². The van der Waals surface area contributed by atoms with Gasteiger partial charge in [-0.3, -0.25) is 0 Å². The lowest BCUT2D eigenvalue weighted by Gasteiger charge is -2.28. The molecule has 2 heterocycles. The highest BCUT2D eigenvalue weighted by Crippen LogP contribution is 2.28. The molecule has 0 amide bonds. The van der Waals surface area contributed by atoms with Gasteiger partial charge in [0.2, 0.25) is 0 Å². The highest BCUT2D eigenvalue weighted by Gasteiger charge is 2.12. The van der Waals surface area contributed by atoms with Crippen LogP contribution >= 0.6 is 0 Å². The van der Waals surface area contributed by atoms with Crippen LogP contribution in [0.25, 0.3) is 6.08 Å². The summed E-state index contributed by atoms with van der Waals surface area (Å²) in [5.41, 5.74) is 6.59. The molecular weight excluding hydrogens is 396 g/mol. The van der Waals surface area contributed by atoms with Crippen molar-refractivity contribution in [2.75, 3.05) is 57.5 Å². The van der Waals surface area contributed by atoms with Gasteiger partial charge >= 0.3 is 0 Å². The van der Waals surface area contributed by atoms with Gasteiger partial charge in [-0.2, -0.15) is 0 Å². The Morgan fingerprint density at radius 3 is 2.44 bits per heavy atom. The average molecular weight is 432 g/mol. The molecule has 0 saturated carbocycles. The smallest absolute Gasteiger partial charge is 0.166 e. The third-order valence-electron chi connectivity index (χ3n) is 6.04. The van der Waals surface area contributed by atoms with Gasteiger partial charge in [0, 0.05) is 24.9 Å². The van der Waals surface area contributed by atoms with Crippen molar-refractivity contribution in [3.63, 3.8) is 0 Å². The van der Waals surface area contributed by atoms with Gasteiger partial charge in [-0.25, -0.2) is 4.58 Å². The van der Waals surface area contributed by atoms with Gasteiger partial charge in [0.1, 0.15) is 13.2 Å². The maximum absolute atomic E-state index is 5.46. The summed E-state index contributed by atoms with van der Waals surface area (Å²) in [5.74, 6) is 0. The summed E-state index contributed by atoms with van der Waals surface area (Å²) < 4.78 is 13.2. The molecular formula is C28H35N2O2+. The first-order chi connectivity index (χ1) is 15.8. The zero-order chi connectivity index (χ0) is 22.0. The molecule has 1 aromatic carbocycles. The molecule has 4 nitrogen and oxygen atoms in total. The van der Waals surface area contributed by atoms with Crippen molar-refractivity contribution in [2.45, 2.75) is 19.8 Å². The lowest BCUT2D eigenvalue weighted by atomic mass is 10.1. The number of morpholine rings is 2. The Kier molecular flexibility index (Phi) is 8.29. The van der Waals surface area contributed by atoms with E-state index in [9.17, 15) is 0 Å². The molecule has 32 heavy (non-hydrogen) atoms. The Balaban J connectivity index is 1.41. The van der Waals surface area contributed by atoms with Gasteiger partial charge < -0.3 is 14.4 Å². The third kappa shape index (κ3) is 6.65. The van der Waals surface area contributed by atoms with E-state index < -0.39 is 0 Å². The molecule has 2 saturated heterocycles. The molecule has 1 aromatic rings. The van der Waals surface area contributed by atoms with Crippen LogP contribution in [0.5, 0.6) is 0 Å². The second-order valence-corrected chi connectivity index (χ2v) is 8.43. The SMILES string of the molecule is C\C=C/C(/C=C\C=[N+]1CCOCC1)=C\C1=CC(=C/c2ccc(N3CCOCC3)cc2)/CC1. The molecule has 4 rings (SSSR count). The molecule has 0 spiro atoms. The van der Waals surface area contributed by atoms with Crippen LogP contribution in [0, 0.1) is 0 Å². The minimum Gasteiger partial charge on any atom is -0.378 e. The van der Waals surface area contributed by atoms with Crippen molar-refractivity contribution in [3.8, 4) is 0 Å². The highest BCUT2D eigenvalue weighted by molar-refractivity contribution is 5.68. The number of anilines is 1. The number of rotatable bonds is 6. The molecule has 2 aliphatic heterocycles. The molecule has 0 bridgehead atoms. The Hall–Kier alpha value is -2.69. The van der Waals surface area contributed by atoms with Crippen LogP contribution in [0.3, 0.4) is 0 Å². The molecule has 0 atom stereocenters. The van der Waals surface area contributed by atoms with E-state index >= 15 is 0 Å². The first-order valence-corrected chi connectivity index (χ1v) is 11.8. The van der Waals surface area contributed by atoms with E-state index in [0.717, 1.165) is 65.4 Å². The summed E-state index contributed by atoms with van der Waals surface area (Å²) in [6.45, 7) is 9.25. The van der Waals surface area contributed by atoms with Gasteiger partial charge in [0.15, 0.2) is 19.3 Å². The van der Waals surface area contributed by atoms with Crippen molar-refractivity contribution in [2.24, 2.45) is 0 Å². The zero-order valence-corrected chi connectivity index (χ0v) is 19.2. The first-order valence-electron chi connectivity index (χ1n) is 11.8. The number of hydrogen-bond donors (Lipinski definition) is 0. The molecule has 0 N–H and O–H groups in total. The maximum Gasteiger partial charge on any atom is 0.166 e. The van der Waals surface area contributed by atoms with Gasteiger partial charge in [0.05, 0.1) is 13.2 Å². The monoisotopic (exact) mass is 431 g/mol. The first kappa shape index (κ1) is 22.5. The summed E-state index contributed by atoms with van der Waals surface area (Å²) in [6, 6.07) is 8.93. The van der Waals surface area contributed by atoms with E-state index in [0.29, 0.717) is 0 Å². The molecule has 168 valence electrons. The fourth-order valence-electron chi connectivity index (χ4n) is 4.28. The molecule has 1 aliphatic carbocycles. The Morgan fingerprint density at radius 2 is 1.69 bits per heavy atom. The predicted molar refractivity (Wildman–Crippen MR) is 134 cm³/mol.